The van der Waals surface area contributed by atoms with Crippen LogP contribution in [0.3, 0.4) is 0 Å². The largest absolute Gasteiger partial charge is 0.329 e. The Morgan fingerprint density at radius 2 is 2.12 bits per heavy atom. The van der Waals surface area contributed by atoms with Crippen molar-refractivity contribution in [2.24, 2.45) is 0 Å². The van der Waals surface area contributed by atoms with Gasteiger partial charge in [-0.05, 0) is 12.1 Å². The highest BCUT2D eigenvalue weighted by atomic mass is 19.1. The maximum atomic E-state index is 13.3. The molecule has 0 radical (unpaired) electrons. The first kappa shape index (κ1) is 10.3. The molecule has 6 heteroatoms. The number of halogens is 1. The molecule has 0 aliphatic rings. The second-order valence-corrected chi connectivity index (χ2v) is 3.17. The standard InChI is InChI=1S/C10H7FN2O3/c11-7-3-1-2-6-8(7)12-10(16)13(4-5-14)9(6)15/h1-3,5H,4H2,(H,12,16). The van der Waals surface area contributed by atoms with E-state index in [0.29, 0.717) is 6.29 Å². The number of aromatic amines is 1. The molecule has 0 atom stereocenters. The highest BCUT2D eigenvalue weighted by Crippen LogP contribution is 2.08. The van der Waals surface area contributed by atoms with Crippen LogP contribution < -0.4 is 11.2 Å². The number of carbonyl (C=O) groups is 1. The van der Waals surface area contributed by atoms with Crippen LogP contribution in [0.5, 0.6) is 0 Å². The van der Waals surface area contributed by atoms with Crippen molar-refractivity contribution in [3.63, 3.8) is 0 Å². The summed E-state index contributed by atoms with van der Waals surface area (Å²) in [6.45, 7) is -0.347. The normalized spacial score (nSPS) is 10.6. The third-order valence-electron chi connectivity index (χ3n) is 2.22. The van der Waals surface area contributed by atoms with Gasteiger partial charge in [-0.15, -0.1) is 0 Å². The van der Waals surface area contributed by atoms with E-state index in [2.05, 4.69) is 4.98 Å². The molecule has 2 aromatic rings. The molecular weight excluding hydrogens is 215 g/mol. The van der Waals surface area contributed by atoms with Crippen molar-refractivity contribution >= 4 is 17.2 Å². The Hall–Kier alpha value is -2.24. The smallest absolute Gasteiger partial charge is 0.304 e. The van der Waals surface area contributed by atoms with Gasteiger partial charge in [0.2, 0.25) is 0 Å². The van der Waals surface area contributed by atoms with Crippen LogP contribution in [0.25, 0.3) is 10.9 Å². The second kappa shape index (κ2) is 3.73. The molecule has 1 aromatic heterocycles. The lowest BCUT2D eigenvalue weighted by atomic mass is 10.2. The third-order valence-corrected chi connectivity index (χ3v) is 2.22. The van der Waals surface area contributed by atoms with Crippen molar-refractivity contribution in [1.82, 2.24) is 9.55 Å². The summed E-state index contributed by atoms with van der Waals surface area (Å²) in [7, 11) is 0. The van der Waals surface area contributed by atoms with E-state index in [0.717, 1.165) is 10.6 Å². The minimum absolute atomic E-state index is 0.0430. The van der Waals surface area contributed by atoms with Crippen molar-refractivity contribution in [2.45, 2.75) is 6.54 Å². The molecule has 1 aromatic carbocycles. The van der Waals surface area contributed by atoms with Crippen LogP contribution >= 0.6 is 0 Å². The van der Waals surface area contributed by atoms with E-state index in [1.165, 1.54) is 12.1 Å². The van der Waals surface area contributed by atoms with E-state index >= 15 is 0 Å². The monoisotopic (exact) mass is 222 g/mol. The van der Waals surface area contributed by atoms with Crippen molar-refractivity contribution in [2.75, 3.05) is 0 Å². The lowest BCUT2D eigenvalue weighted by Gasteiger charge is -2.02. The van der Waals surface area contributed by atoms with Crippen molar-refractivity contribution < 1.29 is 9.18 Å². The minimum Gasteiger partial charge on any atom is -0.304 e. The quantitative estimate of drug-likeness (QED) is 0.728. The van der Waals surface area contributed by atoms with E-state index in [9.17, 15) is 18.8 Å². The summed E-state index contributed by atoms with van der Waals surface area (Å²) in [5.41, 5.74) is -1.61. The van der Waals surface area contributed by atoms with Crippen LogP contribution in [0.4, 0.5) is 4.39 Å². The predicted octanol–water partition coefficient (Wildman–Crippen LogP) is 0.0278. The molecule has 0 aliphatic carbocycles. The van der Waals surface area contributed by atoms with Gasteiger partial charge in [-0.1, -0.05) is 6.07 Å². The van der Waals surface area contributed by atoms with E-state index in [4.69, 9.17) is 0 Å². The Morgan fingerprint density at radius 1 is 1.38 bits per heavy atom. The Balaban J connectivity index is 2.95. The first-order valence-corrected chi connectivity index (χ1v) is 4.50. The zero-order valence-corrected chi connectivity index (χ0v) is 8.07. The number of aldehydes is 1. The van der Waals surface area contributed by atoms with Gasteiger partial charge in [-0.3, -0.25) is 9.36 Å². The molecule has 0 saturated carbocycles. The average molecular weight is 222 g/mol. The van der Waals surface area contributed by atoms with Gasteiger partial charge in [0.05, 0.1) is 17.4 Å². The second-order valence-electron chi connectivity index (χ2n) is 3.17. The van der Waals surface area contributed by atoms with Gasteiger partial charge in [0.15, 0.2) is 0 Å². The van der Waals surface area contributed by atoms with Gasteiger partial charge in [0.25, 0.3) is 5.56 Å². The summed E-state index contributed by atoms with van der Waals surface area (Å²) in [4.78, 5) is 35.6. The highest BCUT2D eigenvalue weighted by molar-refractivity contribution is 5.77. The predicted molar refractivity (Wildman–Crippen MR) is 54.9 cm³/mol. The number of para-hydroxylation sites is 1. The van der Waals surface area contributed by atoms with E-state index < -0.39 is 17.1 Å². The molecule has 16 heavy (non-hydrogen) atoms. The van der Waals surface area contributed by atoms with E-state index in [1.807, 2.05) is 0 Å². The fourth-order valence-corrected chi connectivity index (χ4v) is 1.48. The fourth-order valence-electron chi connectivity index (χ4n) is 1.48. The minimum atomic E-state index is -0.797. The summed E-state index contributed by atoms with van der Waals surface area (Å²) in [6, 6.07) is 3.89. The number of rotatable bonds is 2. The molecule has 0 spiro atoms. The molecular formula is C10H7FN2O3. The first-order chi connectivity index (χ1) is 7.65. The number of carbonyl (C=O) groups excluding carboxylic acids is 1. The number of hydrogen-bond acceptors (Lipinski definition) is 3. The topological polar surface area (TPSA) is 71.9 Å². The maximum absolute atomic E-state index is 13.3. The van der Waals surface area contributed by atoms with Crippen LogP contribution in [-0.4, -0.2) is 15.8 Å². The van der Waals surface area contributed by atoms with Crippen LogP contribution in [0.2, 0.25) is 0 Å². The molecule has 2 rings (SSSR count). The zero-order valence-electron chi connectivity index (χ0n) is 8.07. The van der Waals surface area contributed by atoms with Crippen LogP contribution in [-0.2, 0) is 11.3 Å². The molecule has 0 bridgehead atoms. The summed E-state index contributed by atoms with van der Waals surface area (Å²) < 4.78 is 14.0. The third kappa shape index (κ3) is 1.44. The molecule has 0 fully saturated rings. The number of fused-ring (bicyclic) bond motifs is 1. The van der Waals surface area contributed by atoms with Crippen molar-refractivity contribution in [1.29, 1.82) is 0 Å². The number of hydrogen-bond donors (Lipinski definition) is 1. The van der Waals surface area contributed by atoms with Gasteiger partial charge in [-0.25, -0.2) is 9.18 Å². The summed E-state index contributed by atoms with van der Waals surface area (Å²) in [6.07, 6.45) is 0.432. The number of benzene rings is 1. The molecule has 1 N–H and O–H groups in total. The molecule has 5 nitrogen and oxygen atoms in total. The van der Waals surface area contributed by atoms with Gasteiger partial charge in [0, 0.05) is 0 Å². The molecule has 82 valence electrons. The van der Waals surface area contributed by atoms with Crippen LogP contribution in [0.1, 0.15) is 0 Å². The van der Waals surface area contributed by atoms with Crippen molar-refractivity contribution in [3.05, 3.63) is 44.9 Å². The first-order valence-electron chi connectivity index (χ1n) is 4.50. The van der Waals surface area contributed by atoms with E-state index in [-0.39, 0.29) is 17.4 Å². The molecule has 0 aliphatic heterocycles. The lowest BCUT2D eigenvalue weighted by Crippen LogP contribution is -2.35. The number of H-pyrrole nitrogens is 1. The van der Waals surface area contributed by atoms with Crippen LogP contribution in [0, 0.1) is 5.82 Å². The van der Waals surface area contributed by atoms with Crippen molar-refractivity contribution in [3.8, 4) is 0 Å². The molecule has 0 amide bonds. The summed E-state index contributed by atoms with van der Waals surface area (Å²) >= 11 is 0. The Kier molecular flexibility index (Phi) is 2.40. The fraction of sp³-hybridized carbons (Fsp3) is 0.100. The Labute approximate surface area is 88.1 Å². The summed E-state index contributed by atoms with van der Waals surface area (Å²) in [5, 5.41) is 0.0430. The van der Waals surface area contributed by atoms with Gasteiger partial charge in [0.1, 0.15) is 12.1 Å². The Morgan fingerprint density at radius 3 is 2.81 bits per heavy atom. The van der Waals surface area contributed by atoms with Crippen LogP contribution in [0.15, 0.2) is 27.8 Å². The van der Waals surface area contributed by atoms with Gasteiger partial charge >= 0.3 is 5.69 Å². The average Bonchev–Trinajstić information content (AvgIpc) is 2.26. The number of nitrogens with one attached hydrogen (secondary N) is 1. The lowest BCUT2D eigenvalue weighted by molar-refractivity contribution is -0.108. The number of nitrogens with zero attached hydrogens (tertiary/aromatic N) is 1. The highest BCUT2D eigenvalue weighted by Gasteiger charge is 2.09. The molecule has 0 saturated heterocycles. The summed E-state index contributed by atoms with van der Waals surface area (Å²) in [5.74, 6) is -0.676. The SMILES string of the molecule is O=CCn1c(=O)[nH]c2c(F)cccc2c1=O. The maximum Gasteiger partial charge on any atom is 0.329 e. The van der Waals surface area contributed by atoms with Gasteiger partial charge < -0.3 is 9.78 Å². The molecule has 0 unspecified atom stereocenters. The zero-order chi connectivity index (χ0) is 11.7. The molecule has 1 heterocycles. The van der Waals surface area contributed by atoms with Gasteiger partial charge in [-0.2, -0.15) is 0 Å². The number of aromatic nitrogens is 2. The van der Waals surface area contributed by atoms with E-state index in [1.54, 1.807) is 0 Å². The Bertz CT molecular complexity index is 672.